The van der Waals surface area contributed by atoms with Gasteiger partial charge in [0.15, 0.2) is 0 Å². The average Bonchev–Trinajstić information content (AvgIpc) is 2.35. The van der Waals surface area contributed by atoms with Gasteiger partial charge in [-0.15, -0.1) is 11.6 Å². The Kier molecular flexibility index (Phi) is 4.97. The van der Waals surface area contributed by atoms with E-state index in [0.29, 0.717) is 11.4 Å². The second kappa shape index (κ2) is 6.29. The van der Waals surface area contributed by atoms with Gasteiger partial charge in [-0.25, -0.2) is 0 Å². The van der Waals surface area contributed by atoms with Crippen molar-refractivity contribution in [1.82, 2.24) is 0 Å². The van der Waals surface area contributed by atoms with E-state index in [2.05, 4.69) is 15.9 Å². The van der Waals surface area contributed by atoms with Crippen LogP contribution in [0.3, 0.4) is 0 Å². The molecule has 18 heavy (non-hydrogen) atoms. The standard InChI is InChI=1S/C14H10BrCl3/c15-10-5-6-13(17)11(8-10)14(18)7-9-3-1-2-4-12(9)16/h1-6,8,14H,7H2. The maximum Gasteiger partial charge on any atom is 0.0641 e. The molecule has 1 atom stereocenters. The SMILES string of the molecule is Clc1ccccc1CC(Cl)c1cc(Br)ccc1Cl. The Morgan fingerprint density at radius 3 is 2.44 bits per heavy atom. The molecule has 0 aliphatic heterocycles. The molecule has 0 aliphatic rings. The fourth-order valence-electron chi connectivity index (χ4n) is 1.72. The summed E-state index contributed by atoms with van der Waals surface area (Å²) in [6.45, 7) is 0. The van der Waals surface area contributed by atoms with Gasteiger partial charge >= 0.3 is 0 Å². The fourth-order valence-corrected chi connectivity index (χ4v) is 2.97. The molecule has 2 aromatic carbocycles. The number of halogens is 4. The van der Waals surface area contributed by atoms with Gasteiger partial charge in [0.2, 0.25) is 0 Å². The zero-order valence-corrected chi connectivity index (χ0v) is 13.2. The van der Waals surface area contributed by atoms with Crippen LogP contribution in [0.15, 0.2) is 46.9 Å². The lowest BCUT2D eigenvalue weighted by Crippen LogP contribution is -1.97. The Morgan fingerprint density at radius 1 is 1.00 bits per heavy atom. The third-order valence-electron chi connectivity index (χ3n) is 2.65. The highest BCUT2D eigenvalue weighted by Crippen LogP contribution is 2.34. The first-order valence-corrected chi connectivity index (χ1v) is 7.39. The fraction of sp³-hybridized carbons (Fsp3) is 0.143. The summed E-state index contributed by atoms with van der Waals surface area (Å²) in [7, 11) is 0. The van der Waals surface area contributed by atoms with Gasteiger partial charge in [0, 0.05) is 14.5 Å². The van der Waals surface area contributed by atoms with Crippen LogP contribution in [0.4, 0.5) is 0 Å². The molecule has 0 radical (unpaired) electrons. The van der Waals surface area contributed by atoms with Gasteiger partial charge in [0.25, 0.3) is 0 Å². The quantitative estimate of drug-likeness (QED) is 0.562. The molecule has 2 rings (SSSR count). The third-order valence-corrected chi connectivity index (χ3v) is 4.25. The second-order valence-corrected chi connectivity index (χ2v) is 6.19. The van der Waals surface area contributed by atoms with Crippen LogP contribution in [-0.2, 0) is 6.42 Å². The first-order chi connectivity index (χ1) is 8.58. The topological polar surface area (TPSA) is 0 Å². The van der Waals surface area contributed by atoms with Crippen molar-refractivity contribution in [2.24, 2.45) is 0 Å². The van der Waals surface area contributed by atoms with Crippen molar-refractivity contribution in [3.8, 4) is 0 Å². The first kappa shape index (κ1) is 14.2. The molecule has 0 aliphatic carbocycles. The highest BCUT2D eigenvalue weighted by atomic mass is 79.9. The van der Waals surface area contributed by atoms with E-state index in [1.54, 1.807) is 0 Å². The van der Waals surface area contributed by atoms with Gasteiger partial charge in [-0.05, 0) is 41.8 Å². The van der Waals surface area contributed by atoms with E-state index in [4.69, 9.17) is 34.8 Å². The number of rotatable bonds is 3. The number of alkyl halides is 1. The van der Waals surface area contributed by atoms with E-state index < -0.39 is 0 Å². The summed E-state index contributed by atoms with van der Waals surface area (Å²) in [5, 5.41) is 1.20. The molecular weight excluding hydrogens is 354 g/mol. The van der Waals surface area contributed by atoms with Crippen LogP contribution in [0, 0.1) is 0 Å². The van der Waals surface area contributed by atoms with Crippen molar-refractivity contribution in [1.29, 1.82) is 0 Å². The van der Waals surface area contributed by atoms with E-state index in [1.165, 1.54) is 0 Å². The van der Waals surface area contributed by atoms with E-state index in [9.17, 15) is 0 Å². The van der Waals surface area contributed by atoms with Crippen LogP contribution in [0.25, 0.3) is 0 Å². The third kappa shape index (κ3) is 3.42. The highest BCUT2D eigenvalue weighted by molar-refractivity contribution is 9.10. The summed E-state index contributed by atoms with van der Waals surface area (Å²) in [6, 6.07) is 13.4. The lowest BCUT2D eigenvalue weighted by atomic mass is 10.0. The molecule has 0 fully saturated rings. The summed E-state index contributed by atoms with van der Waals surface area (Å²) in [5.74, 6) is 0. The maximum atomic E-state index is 6.43. The molecular formula is C14H10BrCl3. The summed E-state index contributed by atoms with van der Waals surface area (Å²) in [4.78, 5) is 0. The van der Waals surface area contributed by atoms with Crippen molar-refractivity contribution < 1.29 is 0 Å². The molecule has 4 heteroatoms. The van der Waals surface area contributed by atoms with E-state index in [1.807, 2.05) is 42.5 Å². The molecule has 0 aromatic heterocycles. The molecule has 0 heterocycles. The largest absolute Gasteiger partial charge is 0.117 e. The number of benzene rings is 2. The van der Waals surface area contributed by atoms with Gasteiger partial charge in [0.05, 0.1) is 5.38 Å². The van der Waals surface area contributed by atoms with Crippen LogP contribution in [-0.4, -0.2) is 0 Å². The van der Waals surface area contributed by atoms with Crippen LogP contribution < -0.4 is 0 Å². The highest BCUT2D eigenvalue weighted by Gasteiger charge is 2.14. The van der Waals surface area contributed by atoms with E-state index in [0.717, 1.165) is 20.6 Å². The Morgan fingerprint density at radius 2 is 1.72 bits per heavy atom. The van der Waals surface area contributed by atoms with Crippen molar-refractivity contribution in [2.75, 3.05) is 0 Å². The number of hydrogen-bond acceptors (Lipinski definition) is 0. The summed E-state index contributed by atoms with van der Waals surface area (Å²) in [5.41, 5.74) is 1.93. The van der Waals surface area contributed by atoms with E-state index >= 15 is 0 Å². The lowest BCUT2D eigenvalue weighted by Gasteiger charge is -2.13. The minimum absolute atomic E-state index is 0.199. The zero-order valence-electron chi connectivity index (χ0n) is 9.34. The molecule has 0 nitrogen and oxygen atoms in total. The molecule has 0 spiro atoms. The normalized spacial score (nSPS) is 12.4. The molecule has 94 valence electrons. The van der Waals surface area contributed by atoms with Crippen molar-refractivity contribution in [3.63, 3.8) is 0 Å². The Bertz CT molecular complexity index is 554. The molecule has 1 unspecified atom stereocenters. The van der Waals surface area contributed by atoms with Crippen molar-refractivity contribution in [2.45, 2.75) is 11.8 Å². The first-order valence-electron chi connectivity index (χ1n) is 5.40. The monoisotopic (exact) mass is 362 g/mol. The second-order valence-electron chi connectivity index (χ2n) is 3.93. The molecule has 0 saturated carbocycles. The van der Waals surface area contributed by atoms with Crippen molar-refractivity contribution in [3.05, 3.63) is 68.1 Å². The smallest absolute Gasteiger partial charge is 0.0641 e. The van der Waals surface area contributed by atoms with Crippen LogP contribution in [0.5, 0.6) is 0 Å². The molecule has 0 amide bonds. The predicted octanol–water partition coefficient (Wildman–Crippen LogP) is 6.28. The van der Waals surface area contributed by atoms with Crippen LogP contribution in [0.2, 0.25) is 10.0 Å². The Labute approximate surface area is 130 Å². The lowest BCUT2D eigenvalue weighted by molar-refractivity contribution is 0.919. The molecule has 0 saturated heterocycles. The Hall–Kier alpha value is -0.210. The van der Waals surface area contributed by atoms with Gasteiger partial charge in [-0.3, -0.25) is 0 Å². The molecule has 2 aromatic rings. The van der Waals surface area contributed by atoms with Crippen LogP contribution in [0.1, 0.15) is 16.5 Å². The van der Waals surface area contributed by atoms with Gasteiger partial charge in [-0.1, -0.05) is 57.3 Å². The predicted molar refractivity (Wildman–Crippen MR) is 82.9 cm³/mol. The van der Waals surface area contributed by atoms with Gasteiger partial charge < -0.3 is 0 Å². The average molecular weight is 364 g/mol. The van der Waals surface area contributed by atoms with Gasteiger partial charge in [0.1, 0.15) is 0 Å². The minimum Gasteiger partial charge on any atom is -0.117 e. The zero-order chi connectivity index (χ0) is 13.1. The summed E-state index contributed by atoms with van der Waals surface area (Å²) in [6.07, 6.45) is 0.650. The minimum atomic E-state index is -0.199. The molecule has 0 bridgehead atoms. The van der Waals surface area contributed by atoms with Crippen molar-refractivity contribution >= 4 is 50.7 Å². The van der Waals surface area contributed by atoms with E-state index in [-0.39, 0.29) is 5.38 Å². The molecule has 0 N–H and O–H groups in total. The van der Waals surface area contributed by atoms with Crippen LogP contribution >= 0.6 is 50.7 Å². The number of hydrogen-bond donors (Lipinski definition) is 0. The van der Waals surface area contributed by atoms with Gasteiger partial charge in [-0.2, -0.15) is 0 Å². The Balaban J connectivity index is 2.25. The maximum absolute atomic E-state index is 6.43. The summed E-state index contributed by atoms with van der Waals surface area (Å²) >= 11 is 22.1. The summed E-state index contributed by atoms with van der Waals surface area (Å²) < 4.78 is 0.965.